The van der Waals surface area contributed by atoms with Crippen LogP contribution in [-0.4, -0.2) is 0 Å². The fourth-order valence-electron chi connectivity index (χ4n) is 3.66. The first-order chi connectivity index (χ1) is 13.0. The molecule has 0 spiro atoms. The highest BCUT2D eigenvalue weighted by Gasteiger charge is 2.18. The van der Waals surface area contributed by atoms with Gasteiger partial charge in [-0.2, -0.15) is 0 Å². The molecule has 0 unspecified atom stereocenters. The number of aryl methyl sites for hydroxylation is 1. The average Bonchev–Trinajstić information content (AvgIpc) is 2.65. The van der Waals surface area contributed by atoms with Crippen LogP contribution in [0.5, 0.6) is 0 Å². The Morgan fingerprint density at radius 2 is 1.48 bits per heavy atom. The maximum Gasteiger partial charge on any atom is 0.194 e. The molecule has 1 aliphatic rings. The molecule has 0 saturated carbocycles. The van der Waals surface area contributed by atoms with E-state index in [2.05, 4.69) is 6.92 Å². The molecule has 0 heterocycles. The molecular formula is C23H24F4. The van der Waals surface area contributed by atoms with Crippen LogP contribution < -0.4 is 0 Å². The molecule has 2 aromatic carbocycles. The first-order valence-corrected chi connectivity index (χ1v) is 9.66. The molecule has 4 heteroatoms. The Bertz CT molecular complexity index is 829. The fraction of sp³-hybridized carbons (Fsp3) is 0.391. The van der Waals surface area contributed by atoms with Crippen LogP contribution in [-0.2, 0) is 6.42 Å². The lowest BCUT2D eigenvalue weighted by atomic mass is 9.87. The van der Waals surface area contributed by atoms with Crippen molar-refractivity contribution in [2.45, 2.75) is 58.3 Å². The highest BCUT2D eigenvalue weighted by atomic mass is 19.2. The van der Waals surface area contributed by atoms with Crippen molar-refractivity contribution in [3.05, 3.63) is 64.2 Å². The maximum atomic E-state index is 14.6. The van der Waals surface area contributed by atoms with Crippen LogP contribution in [0, 0.1) is 23.3 Å². The number of allylic oxidation sites excluding steroid dienone is 1. The second-order valence-electron chi connectivity index (χ2n) is 7.25. The lowest BCUT2D eigenvalue weighted by Crippen LogP contribution is -2.02. The lowest BCUT2D eigenvalue weighted by Gasteiger charge is -2.18. The Morgan fingerprint density at radius 1 is 0.778 bits per heavy atom. The second kappa shape index (κ2) is 8.73. The van der Waals surface area contributed by atoms with Crippen molar-refractivity contribution in [1.29, 1.82) is 0 Å². The molecule has 0 radical (unpaired) electrons. The summed E-state index contributed by atoms with van der Waals surface area (Å²) in [4.78, 5) is 0. The van der Waals surface area contributed by atoms with Crippen molar-refractivity contribution >= 4 is 6.08 Å². The van der Waals surface area contributed by atoms with Crippen LogP contribution in [0.3, 0.4) is 0 Å². The quantitative estimate of drug-likeness (QED) is 0.265. The van der Waals surface area contributed by atoms with Gasteiger partial charge in [-0.15, -0.1) is 0 Å². The van der Waals surface area contributed by atoms with Gasteiger partial charge in [0.2, 0.25) is 0 Å². The van der Waals surface area contributed by atoms with E-state index >= 15 is 0 Å². The largest absolute Gasteiger partial charge is 0.206 e. The van der Waals surface area contributed by atoms with Gasteiger partial charge in [-0.3, -0.25) is 0 Å². The predicted octanol–water partition coefficient (Wildman–Crippen LogP) is 7.60. The topological polar surface area (TPSA) is 0 Å². The van der Waals surface area contributed by atoms with Gasteiger partial charge in [-0.25, -0.2) is 17.6 Å². The van der Waals surface area contributed by atoms with Crippen LogP contribution >= 0.6 is 0 Å². The van der Waals surface area contributed by atoms with Gasteiger partial charge in [-0.05, 0) is 66.6 Å². The summed E-state index contributed by atoms with van der Waals surface area (Å²) in [6, 6.07) is 4.72. The van der Waals surface area contributed by atoms with Crippen LogP contribution in [0.2, 0.25) is 0 Å². The number of benzene rings is 2. The third-order valence-corrected chi connectivity index (χ3v) is 5.20. The van der Waals surface area contributed by atoms with Crippen molar-refractivity contribution in [2.75, 3.05) is 0 Å². The molecule has 0 aromatic heterocycles. The average molecular weight is 376 g/mol. The number of hydrogen-bond acceptors (Lipinski definition) is 0. The molecule has 0 nitrogen and oxygen atoms in total. The smallest absolute Gasteiger partial charge is 0.194 e. The highest BCUT2D eigenvalue weighted by Crippen LogP contribution is 2.33. The Hall–Kier alpha value is -2.10. The first-order valence-electron chi connectivity index (χ1n) is 9.66. The molecule has 3 rings (SSSR count). The third-order valence-electron chi connectivity index (χ3n) is 5.20. The summed E-state index contributed by atoms with van der Waals surface area (Å²) >= 11 is 0. The number of fused-ring (bicyclic) bond motifs is 1. The molecule has 0 amide bonds. The molecule has 0 saturated heterocycles. The van der Waals surface area contributed by atoms with Crippen molar-refractivity contribution in [3.8, 4) is 11.1 Å². The van der Waals surface area contributed by atoms with E-state index in [0.717, 1.165) is 48.9 Å². The van der Waals surface area contributed by atoms with E-state index in [9.17, 15) is 17.6 Å². The summed E-state index contributed by atoms with van der Waals surface area (Å²) in [5, 5.41) is 0. The minimum atomic E-state index is -1.54. The summed E-state index contributed by atoms with van der Waals surface area (Å²) in [6.45, 7) is 2.19. The molecule has 27 heavy (non-hydrogen) atoms. The van der Waals surface area contributed by atoms with Gasteiger partial charge in [0.05, 0.1) is 0 Å². The summed E-state index contributed by atoms with van der Waals surface area (Å²) in [5.74, 6) is -4.72. The predicted molar refractivity (Wildman–Crippen MR) is 101 cm³/mol. The van der Waals surface area contributed by atoms with Crippen molar-refractivity contribution in [1.82, 2.24) is 0 Å². The molecule has 0 atom stereocenters. The Labute approximate surface area is 157 Å². The van der Waals surface area contributed by atoms with E-state index in [1.54, 1.807) is 6.07 Å². The zero-order chi connectivity index (χ0) is 19.4. The monoisotopic (exact) mass is 376 g/mol. The van der Waals surface area contributed by atoms with Crippen LogP contribution in [0.25, 0.3) is 17.2 Å². The van der Waals surface area contributed by atoms with Gasteiger partial charge >= 0.3 is 0 Å². The number of halogens is 4. The van der Waals surface area contributed by atoms with Crippen molar-refractivity contribution in [3.63, 3.8) is 0 Å². The number of hydrogen-bond donors (Lipinski definition) is 0. The molecule has 0 N–H and O–H groups in total. The summed E-state index contributed by atoms with van der Waals surface area (Å²) in [6.07, 6.45) is 10.9. The minimum Gasteiger partial charge on any atom is -0.206 e. The molecule has 0 aliphatic heterocycles. The normalized spacial score (nSPS) is 13.4. The molecule has 1 aliphatic carbocycles. The Balaban J connectivity index is 1.80. The van der Waals surface area contributed by atoms with Gasteiger partial charge in [0.15, 0.2) is 17.5 Å². The Kier molecular flexibility index (Phi) is 6.35. The van der Waals surface area contributed by atoms with Gasteiger partial charge in [0.25, 0.3) is 0 Å². The SMILES string of the molecule is CCCCCCCC1=Cc2cc(F)c(-c3cc(F)c(F)c(F)c3)cc2CC1. The lowest BCUT2D eigenvalue weighted by molar-refractivity contribution is 0.447. The van der Waals surface area contributed by atoms with Crippen molar-refractivity contribution < 1.29 is 17.6 Å². The van der Waals surface area contributed by atoms with E-state index in [1.165, 1.54) is 37.3 Å². The molecular weight excluding hydrogens is 352 g/mol. The number of unbranched alkanes of at least 4 members (excludes halogenated alkanes) is 4. The van der Waals surface area contributed by atoms with Crippen LogP contribution in [0.15, 0.2) is 29.8 Å². The molecule has 2 aromatic rings. The maximum absolute atomic E-state index is 14.6. The number of rotatable bonds is 7. The van der Waals surface area contributed by atoms with Gasteiger partial charge in [0.1, 0.15) is 5.82 Å². The summed E-state index contributed by atoms with van der Waals surface area (Å²) in [5.41, 5.74) is 3.21. The van der Waals surface area contributed by atoms with E-state index in [4.69, 9.17) is 0 Å². The summed E-state index contributed by atoms with van der Waals surface area (Å²) in [7, 11) is 0. The zero-order valence-electron chi connectivity index (χ0n) is 15.6. The van der Waals surface area contributed by atoms with E-state index in [1.807, 2.05) is 6.08 Å². The fourth-order valence-corrected chi connectivity index (χ4v) is 3.66. The zero-order valence-corrected chi connectivity index (χ0v) is 15.6. The van der Waals surface area contributed by atoms with Crippen LogP contribution in [0.1, 0.15) is 63.0 Å². The summed E-state index contributed by atoms with van der Waals surface area (Å²) < 4.78 is 54.7. The molecule has 0 fully saturated rings. The van der Waals surface area contributed by atoms with Crippen molar-refractivity contribution in [2.24, 2.45) is 0 Å². The second-order valence-corrected chi connectivity index (χ2v) is 7.25. The molecule has 0 bridgehead atoms. The molecule has 144 valence electrons. The standard InChI is InChI=1S/C23H24F4/c1-2-3-4-5-6-7-15-8-9-16-11-19(20(24)12-17(16)10-15)18-13-21(25)23(27)22(26)14-18/h10-14H,2-9H2,1H3. The van der Waals surface area contributed by atoms with Gasteiger partial charge in [0, 0.05) is 5.56 Å². The van der Waals surface area contributed by atoms with E-state index < -0.39 is 23.3 Å². The van der Waals surface area contributed by atoms with Gasteiger partial charge < -0.3 is 0 Å². The van der Waals surface area contributed by atoms with E-state index in [-0.39, 0.29) is 11.1 Å². The first kappa shape index (κ1) is 19.7. The third kappa shape index (κ3) is 4.60. The van der Waals surface area contributed by atoms with Gasteiger partial charge in [-0.1, -0.05) is 44.3 Å². The highest BCUT2D eigenvalue weighted by molar-refractivity contribution is 5.70. The Morgan fingerprint density at radius 3 is 2.19 bits per heavy atom. The van der Waals surface area contributed by atoms with E-state index in [0.29, 0.717) is 0 Å². The minimum absolute atomic E-state index is 0.0115. The van der Waals surface area contributed by atoms with Crippen LogP contribution in [0.4, 0.5) is 17.6 Å².